The van der Waals surface area contributed by atoms with Gasteiger partial charge in [-0.2, -0.15) is 0 Å². The van der Waals surface area contributed by atoms with Gasteiger partial charge in [0, 0.05) is 42.7 Å². The molecular formula is C41H50N2O2. The van der Waals surface area contributed by atoms with Crippen molar-refractivity contribution in [3.63, 3.8) is 0 Å². The number of rotatable bonds is 7. The fraction of sp³-hybridized carbons (Fsp3) is 0.561. The molecule has 0 spiro atoms. The van der Waals surface area contributed by atoms with Crippen LogP contribution in [0.25, 0.3) is 0 Å². The Morgan fingerprint density at radius 3 is 2.42 bits per heavy atom. The molecule has 3 saturated carbocycles. The number of nitrogens with zero attached hydrogens (tertiary/aromatic N) is 2. The maximum Gasteiger partial charge on any atom is 0.173 e. The van der Waals surface area contributed by atoms with E-state index in [9.17, 15) is 0 Å². The van der Waals surface area contributed by atoms with Crippen LogP contribution in [0.4, 0.5) is 0 Å². The van der Waals surface area contributed by atoms with Crippen molar-refractivity contribution in [3.8, 4) is 17.2 Å². The van der Waals surface area contributed by atoms with Crippen LogP contribution < -0.4 is 9.47 Å². The van der Waals surface area contributed by atoms with Crippen molar-refractivity contribution < 1.29 is 9.47 Å². The van der Waals surface area contributed by atoms with Crippen LogP contribution in [-0.2, 0) is 23.8 Å². The zero-order valence-electron chi connectivity index (χ0n) is 27.7. The Morgan fingerprint density at radius 1 is 0.889 bits per heavy atom. The van der Waals surface area contributed by atoms with Crippen LogP contribution in [0.15, 0.2) is 66.7 Å². The minimum Gasteiger partial charge on any atom is -0.493 e. The molecular weight excluding hydrogens is 552 g/mol. The van der Waals surface area contributed by atoms with Gasteiger partial charge in [-0.05, 0) is 115 Å². The van der Waals surface area contributed by atoms with Crippen LogP contribution >= 0.6 is 0 Å². The zero-order valence-corrected chi connectivity index (χ0v) is 27.7. The Morgan fingerprint density at radius 2 is 1.69 bits per heavy atom. The van der Waals surface area contributed by atoms with E-state index in [-0.39, 0.29) is 10.8 Å². The molecule has 2 aliphatic heterocycles. The summed E-state index contributed by atoms with van der Waals surface area (Å²) in [7, 11) is 1.83. The molecule has 45 heavy (non-hydrogen) atoms. The third-order valence-corrected chi connectivity index (χ3v) is 13.3. The van der Waals surface area contributed by atoms with E-state index in [4.69, 9.17) is 9.47 Å². The van der Waals surface area contributed by atoms with Crippen LogP contribution in [-0.4, -0.2) is 48.6 Å². The van der Waals surface area contributed by atoms with E-state index < -0.39 is 0 Å². The number of fused-ring (bicyclic) bond motifs is 1. The molecule has 4 nitrogen and oxygen atoms in total. The summed E-state index contributed by atoms with van der Waals surface area (Å²) in [5.74, 6) is 5.19. The number of ether oxygens (including phenoxy) is 2. The maximum atomic E-state index is 7.09. The molecule has 0 radical (unpaired) electrons. The molecule has 6 atom stereocenters. The number of hydrogen-bond donors (Lipinski definition) is 0. The van der Waals surface area contributed by atoms with Gasteiger partial charge in [0.1, 0.15) is 5.75 Å². The summed E-state index contributed by atoms with van der Waals surface area (Å²) in [5, 5.41) is 0. The van der Waals surface area contributed by atoms with E-state index in [2.05, 4.69) is 97.3 Å². The molecule has 4 heteroatoms. The van der Waals surface area contributed by atoms with Gasteiger partial charge in [0.15, 0.2) is 11.5 Å². The quantitative estimate of drug-likeness (QED) is 0.271. The van der Waals surface area contributed by atoms with E-state index in [1.54, 1.807) is 0 Å². The Labute approximate surface area is 270 Å². The Hall–Kier alpha value is -2.82. The summed E-state index contributed by atoms with van der Waals surface area (Å²) in [6.07, 6.45) is 9.34. The van der Waals surface area contributed by atoms with Gasteiger partial charge in [-0.25, -0.2) is 0 Å². The van der Waals surface area contributed by atoms with E-state index in [1.807, 2.05) is 7.11 Å². The smallest absolute Gasteiger partial charge is 0.173 e. The molecule has 4 bridgehead atoms. The average Bonchev–Trinajstić information content (AvgIpc) is 3.74. The van der Waals surface area contributed by atoms with Crippen molar-refractivity contribution >= 4 is 0 Å². The van der Waals surface area contributed by atoms with Crippen LogP contribution in [0.2, 0.25) is 0 Å². The molecule has 0 amide bonds. The number of piperidine rings is 1. The van der Waals surface area contributed by atoms with Gasteiger partial charge in [0.25, 0.3) is 0 Å². The summed E-state index contributed by atoms with van der Waals surface area (Å²) in [6, 6.07) is 26.0. The molecule has 2 heterocycles. The van der Waals surface area contributed by atoms with Crippen LogP contribution in [0.1, 0.15) is 81.5 Å². The monoisotopic (exact) mass is 602 g/mol. The zero-order chi connectivity index (χ0) is 30.6. The highest BCUT2D eigenvalue weighted by Crippen LogP contribution is 2.77. The molecule has 3 aromatic carbocycles. The fourth-order valence-electron chi connectivity index (χ4n) is 11.5. The molecule has 2 saturated heterocycles. The van der Waals surface area contributed by atoms with Crippen LogP contribution in [0.3, 0.4) is 0 Å². The highest BCUT2D eigenvalue weighted by Gasteiger charge is 2.76. The van der Waals surface area contributed by atoms with Crippen molar-refractivity contribution in [2.75, 3.05) is 26.7 Å². The largest absolute Gasteiger partial charge is 0.493 e. The molecule has 0 N–H and O–H groups in total. The van der Waals surface area contributed by atoms with Crippen LogP contribution in [0.5, 0.6) is 17.2 Å². The first kappa shape index (κ1) is 28.4. The number of methoxy groups -OCH3 is 1. The lowest BCUT2D eigenvalue weighted by molar-refractivity contribution is -0.106. The highest BCUT2D eigenvalue weighted by molar-refractivity contribution is 5.61. The topological polar surface area (TPSA) is 24.9 Å². The molecule has 9 rings (SSSR count). The van der Waals surface area contributed by atoms with Gasteiger partial charge in [0.2, 0.25) is 0 Å². The molecule has 4 aliphatic carbocycles. The SMILES string of the molecule is COc1ccc2c(c1Oc1ccc(C(C)(C)C)cc1)[C@]13CCN(CC4CC4)[C@H](C2)[C@]12CC[C@@H]1[C@H]3[C@@H](CN1Cc1ccccc1)C2. The van der Waals surface area contributed by atoms with E-state index in [0.717, 1.165) is 42.0 Å². The van der Waals surface area contributed by atoms with Crippen molar-refractivity contribution in [1.82, 2.24) is 9.80 Å². The third kappa shape index (κ3) is 4.17. The van der Waals surface area contributed by atoms with E-state index >= 15 is 0 Å². The fourth-order valence-corrected chi connectivity index (χ4v) is 11.5. The summed E-state index contributed by atoms with van der Waals surface area (Å²) in [6.45, 7) is 11.7. The minimum absolute atomic E-state index is 0.114. The molecule has 6 aliphatic rings. The minimum atomic E-state index is 0.114. The number of benzene rings is 3. The lowest BCUT2D eigenvalue weighted by Crippen LogP contribution is -2.69. The van der Waals surface area contributed by atoms with E-state index in [1.165, 1.54) is 80.4 Å². The lowest BCUT2D eigenvalue weighted by Gasteiger charge is -2.66. The normalized spacial score (nSPS) is 33.5. The first-order valence-electron chi connectivity index (χ1n) is 17.8. The highest BCUT2D eigenvalue weighted by atomic mass is 16.5. The van der Waals surface area contributed by atoms with Gasteiger partial charge >= 0.3 is 0 Å². The second-order valence-electron chi connectivity index (χ2n) is 16.6. The Balaban J connectivity index is 1.17. The Kier molecular flexibility index (Phi) is 6.37. The summed E-state index contributed by atoms with van der Waals surface area (Å²) in [4.78, 5) is 5.87. The second kappa shape index (κ2) is 10.1. The summed E-state index contributed by atoms with van der Waals surface area (Å²) in [5.41, 5.74) is 6.43. The number of hydrogen-bond acceptors (Lipinski definition) is 4. The van der Waals surface area contributed by atoms with Gasteiger partial charge in [-0.3, -0.25) is 9.80 Å². The molecule has 0 aromatic heterocycles. The van der Waals surface area contributed by atoms with Gasteiger partial charge < -0.3 is 9.47 Å². The van der Waals surface area contributed by atoms with Crippen LogP contribution in [0, 0.1) is 23.2 Å². The second-order valence-corrected chi connectivity index (χ2v) is 16.6. The van der Waals surface area contributed by atoms with Crippen molar-refractivity contribution in [1.29, 1.82) is 0 Å². The molecule has 236 valence electrons. The van der Waals surface area contributed by atoms with Gasteiger partial charge in [0.05, 0.1) is 7.11 Å². The molecule has 3 aromatic rings. The predicted molar refractivity (Wildman–Crippen MR) is 180 cm³/mol. The van der Waals surface area contributed by atoms with Gasteiger partial charge in [-0.15, -0.1) is 0 Å². The Bertz CT molecular complexity index is 1590. The van der Waals surface area contributed by atoms with Gasteiger partial charge in [-0.1, -0.05) is 69.3 Å². The average molecular weight is 603 g/mol. The van der Waals surface area contributed by atoms with E-state index in [0.29, 0.717) is 23.4 Å². The van der Waals surface area contributed by atoms with Crippen molar-refractivity contribution in [3.05, 3.63) is 89.0 Å². The molecule has 5 fully saturated rings. The first-order chi connectivity index (χ1) is 21.8. The number of likely N-dealkylation sites (tertiary alicyclic amines) is 2. The first-order valence-corrected chi connectivity index (χ1v) is 17.8. The molecule has 0 unspecified atom stereocenters. The lowest BCUT2D eigenvalue weighted by atomic mass is 9.43. The van der Waals surface area contributed by atoms with Crippen molar-refractivity contribution in [2.45, 2.75) is 95.2 Å². The maximum absolute atomic E-state index is 7.09. The summed E-state index contributed by atoms with van der Waals surface area (Å²) >= 11 is 0. The third-order valence-electron chi connectivity index (χ3n) is 13.3. The standard InChI is InChI=1S/C41H50N2O2/c1-39(2,3)31-13-15-32(16-14-31)45-38-34(44-4)17-12-29-22-35-40-19-18-33-36(30(23-40)26-43(33)25-27-8-6-5-7-9-27)41(40,37(29)38)20-21-42(35)24-28-10-11-28/h5-9,12-17,28,30,33,35-36H,10-11,18-26H2,1-4H3/t30-,33-,35-,36-,40-,41-/m1/s1. The predicted octanol–water partition coefficient (Wildman–Crippen LogP) is 8.36. The summed E-state index contributed by atoms with van der Waals surface area (Å²) < 4.78 is 13.3. The van der Waals surface area contributed by atoms with Crippen molar-refractivity contribution in [2.24, 2.45) is 23.2 Å².